The number of hydrogen-bond acceptors (Lipinski definition) is 5. The van der Waals surface area contributed by atoms with Gasteiger partial charge in [-0.1, -0.05) is 41.9 Å². The number of nitrogens with one attached hydrogen (secondary N) is 2. The van der Waals surface area contributed by atoms with Crippen molar-refractivity contribution in [1.29, 1.82) is 0 Å². The minimum Gasteiger partial charge on any atom is -0.325 e. The van der Waals surface area contributed by atoms with Gasteiger partial charge in [0.15, 0.2) is 0 Å². The minimum atomic E-state index is -4.06. The second-order valence-electron chi connectivity index (χ2n) is 8.73. The van der Waals surface area contributed by atoms with E-state index in [9.17, 15) is 21.6 Å². The van der Waals surface area contributed by atoms with Crippen LogP contribution in [0.15, 0.2) is 107 Å². The number of halogens is 1. The molecule has 11 heteroatoms. The molecule has 0 aromatic heterocycles. The van der Waals surface area contributed by atoms with Crippen LogP contribution in [0.4, 0.5) is 17.1 Å². The summed E-state index contributed by atoms with van der Waals surface area (Å²) in [6, 6.07) is 24.9. The molecule has 0 aliphatic carbocycles. The second kappa shape index (κ2) is 11.5. The Labute approximate surface area is 233 Å². The predicted octanol–water partition coefficient (Wildman–Crippen LogP) is 5.59. The SMILES string of the molecule is Cc1cccc(N(CC(=O)Nc2ccc(S(=O)(=O)Nc3ccc(Cl)cc3)cc2)S(=O)(=O)c2ccccc2)c1C. The average Bonchev–Trinajstić information content (AvgIpc) is 2.91. The lowest BCUT2D eigenvalue weighted by Crippen LogP contribution is -2.38. The number of hydrogen-bond donors (Lipinski definition) is 2. The molecule has 4 aromatic rings. The van der Waals surface area contributed by atoms with Gasteiger partial charge in [0.25, 0.3) is 20.0 Å². The number of anilines is 3. The Morgan fingerprint density at radius 2 is 1.36 bits per heavy atom. The molecule has 0 heterocycles. The molecular formula is C28H26ClN3O5S2. The van der Waals surface area contributed by atoms with Crippen molar-refractivity contribution in [2.24, 2.45) is 0 Å². The van der Waals surface area contributed by atoms with Gasteiger partial charge in [0.1, 0.15) is 6.54 Å². The van der Waals surface area contributed by atoms with E-state index in [2.05, 4.69) is 10.0 Å². The van der Waals surface area contributed by atoms with Crippen LogP contribution in [-0.4, -0.2) is 29.3 Å². The number of aryl methyl sites for hydroxylation is 1. The van der Waals surface area contributed by atoms with Crippen molar-refractivity contribution >= 4 is 54.6 Å². The van der Waals surface area contributed by atoms with Gasteiger partial charge in [0.2, 0.25) is 5.91 Å². The standard InChI is InChI=1S/C28H26ClN3O5S2/c1-20-7-6-10-27(21(20)2)32(39(36,37)26-8-4-3-5-9-26)19-28(33)30-23-15-17-25(18-16-23)38(34,35)31-24-13-11-22(29)12-14-24/h3-18,31H,19H2,1-2H3,(H,30,33). The molecule has 4 rings (SSSR count). The molecule has 0 saturated carbocycles. The van der Waals surface area contributed by atoms with Gasteiger partial charge in [-0.25, -0.2) is 16.8 Å². The zero-order chi connectivity index (χ0) is 28.2. The Kier molecular flexibility index (Phi) is 8.29. The highest BCUT2D eigenvalue weighted by atomic mass is 35.5. The molecule has 39 heavy (non-hydrogen) atoms. The van der Waals surface area contributed by atoms with Gasteiger partial charge in [0, 0.05) is 16.4 Å². The smallest absolute Gasteiger partial charge is 0.264 e. The quantitative estimate of drug-likeness (QED) is 0.267. The lowest BCUT2D eigenvalue weighted by molar-refractivity contribution is -0.114. The number of carbonyl (C=O) groups is 1. The Balaban J connectivity index is 1.55. The van der Waals surface area contributed by atoms with E-state index in [1.165, 1.54) is 36.4 Å². The normalized spacial score (nSPS) is 11.6. The molecule has 2 N–H and O–H groups in total. The first kappa shape index (κ1) is 28.2. The van der Waals surface area contributed by atoms with Crippen LogP contribution in [-0.2, 0) is 24.8 Å². The van der Waals surface area contributed by atoms with Crippen LogP contribution < -0.4 is 14.3 Å². The summed E-state index contributed by atoms with van der Waals surface area (Å²) in [5.74, 6) is -0.592. The summed E-state index contributed by atoms with van der Waals surface area (Å²) in [6.45, 7) is 3.18. The largest absolute Gasteiger partial charge is 0.325 e. The molecule has 0 aliphatic rings. The molecule has 0 bridgehead atoms. The van der Waals surface area contributed by atoms with Crippen LogP contribution in [0.5, 0.6) is 0 Å². The first-order valence-corrected chi connectivity index (χ1v) is 15.1. The third kappa shape index (κ3) is 6.59. The zero-order valence-corrected chi connectivity index (χ0v) is 23.5. The molecule has 4 aromatic carbocycles. The van der Waals surface area contributed by atoms with Crippen LogP contribution >= 0.6 is 11.6 Å². The van der Waals surface area contributed by atoms with Gasteiger partial charge in [-0.3, -0.25) is 13.8 Å². The zero-order valence-electron chi connectivity index (χ0n) is 21.1. The van der Waals surface area contributed by atoms with Gasteiger partial charge in [0.05, 0.1) is 15.5 Å². The maximum atomic E-state index is 13.6. The number of rotatable bonds is 9. The highest BCUT2D eigenvalue weighted by Crippen LogP contribution is 2.29. The minimum absolute atomic E-state index is 0.0147. The van der Waals surface area contributed by atoms with E-state index in [0.29, 0.717) is 22.1 Å². The molecular weight excluding hydrogens is 558 g/mol. The lowest BCUT2D eigenvalue weighted by atomic mass is 10.1. The van der Waals surface area contributed by atoms with Crippen molar-refractivity contribution in [3.05, 3.63) is 113 Å². The Morgan fingerprint density at radius 3 is 2.00 bits per heavy atom. The lowest BCUT2D eigenvalue weighted by Gasteiger charge is -2.26. The molecule has 0 radical (unpaired) electrons. The summed E-state index contributed by atoms with van der Waals surface area (Å²) in [5.41, 5.74) is 2.66. The van der Waals surface area contributed by atoms with E-state index in [0.717, 1.165) is 15.4 Å². The van der Waals surface area contributed by atoms with Crippen LogP contribution in [0.3, 0.4) is 0 Å². The third-order valence-corrected chi connectivity index (χ3v) is 9.43. The summed E-state index contributed by atoms with van der Waals surface area (Å²) in [4.78, 5) is 13.1. The van der Waals surface area contributed by atoms with Gasteiger partial charge in [-0.15, -0.1) is 0 Å². The van der Waals surface area contributed by atoms with Gasteiger partial charge in [-0.2, -0.15) is 0 Å². The van der Waals surface area contributed by atoms with E-state index in [1.54, 1.807) is 61.5 Å². The predicted molar refractivity (Wildman–Crippen MR) is 154 cm³/mol. The number of amides is 1. The van der Waals surface area contributed by atoms with Crippen molar-refractivity contribution < 1.29 is 21.6 Å². The summed E-state index contributed by atoms with van der Waals surface area (Å²) < 4.78 is 56.1. The number of carbonyl (C=O) groups excluding carboxylic acids is 1. The molecule has 202 valence electrons. The summed E-state index contributed by atoms with van der Waals surface area (Å²) in [5, 5.41) is 3.14. The van der Waals surface area contributed by atoms with E-state index in [1.807, 2.05) is 13.0 Å². The topological polar surface area (TPSA) is 113 Å². The average molecular weight is 584 g/mol. The van der Waals surface area contributed by atoms with Crippen molar-refractivity contribution in [2.45, 2.75) is 23.6 Å². The number of nitrogens with zero attached hydrogens (tertiary/aromatic N) is 1. The van der Waals surface area contributed by atoms with Crippen molar-refractivity contribution in [2.75, 3.05) is 20.9 Å². The third-order valence-electron chi connectivity index (χ3n) is 6.01. The molecule has 8 nitrogen and oxygen atoms in total. The molecule has 0 unspecified atom stereocenters. The Hall–Kier alpha value is -3.86. The van der Waals surface area contributed by atoms with E-state index in [4.69, 9.17) is 11.6 Å². The first-order valence-electron chi connectivity index (χ1n) is 11.8. The molecule has 0 aliphatic heterocycles. The fourth-order valence-electron chi connectivity index (χ4n) is 3.81. The second-order valence-corrected chi connectivity index (χ2v) is 12.7. The van der Waals surface area contributed by atoms with Crippen LogP contribution in [0.25, 0.3) is 0 Å². The van der Waals surface area contributed by atoms with Crippen LogP contribution in [0.2, 0.25) is 5.02 Å². The van der Waals surface area contributed by atoms with Crippen molar-refractivity contribution in [1.82, 2.24) is 0 Å². The molecule has 0 atom stereocenters. The molecule has 0 fully saturated rings. The maximum absolute atomic E-state index is 13.6. The van der Waals surface area contributed by atoms with Crippen LogP contribution in [0, 0.1) is 13.8 Å². The fourth-order valence-corrected chi connectivity index (χ4v) is 6.49. The maximum Gasteiger partial charge on any atom is 0.264 e. The fraction of sp³-hybridized carbons (Fsp3) is 0.107. The highest BCUT2D eigenvalue weighted by Gasteiger charge is 2.28. The van der Waals surface area contributed by atoms with E-state index in [-0.39, 0.29) is 9.79 Å². The van der Waals surface area contributed by atoms with Crippen molar-refractivity contribution in [3.63, 3.8) is 0 Å². The molecule has 0 saturated heterocycles. The van der Waals surface area contributed by atoms with Gasteiger partial charge in [-0.05, 0) is 91.7 Å². The summed E-state index contributed by atoms with van der Waals surface area (Å²) >= 11 is 5.85. The molecule has 0 spiro atoms. The van der Waals surface area contributed by atoms with E-state index >= 15 is 0 Å². The highest BCUT2D eigenvalue weighted by molar-refractivity contribution is 7.93. The van der Waals surface area contributed by atoms with Crippen molar-refractivity contribution in [3.8, 4) is 0 Å². The number of benzene rings is 4. The summed E-state index contributed by atoms with van der Waals surface area (Å²) in [7, 11) is -7.94. The Morgan fingerprint density at radius 1 is 0.744 bits per heavy atom. The summed E-state index contributed by atoms with van der Waals surface area (Å²) in [6.07, 6.45) is 0. The van der Waals surface area contributed by atoms with Gasteiger partial charge >= 0.3 is 0 Å². The monoisotopic (exact) mass is 583 g/mol. The van der Waals surface area contributed by atoms with E-state index < -0.39 is 32.5 Å². The number of sulfonamides is 2. The first-order chi connectivity index (χ1) is 18.5. The van der Waals surface area contributed by atoms with Gasteiger partial charge < -0.3 is 5.32 Å². The molecule has 1 amide bonds. The van der Waals surface area contributed by atoms with Crippen LogP contribution in [0.1, 0.15) is 11.1 Å². The Bertz CT molecular complexity index is 1690.